The minimum atomic E-state index is -0.417. The first-order valence-corrected chi connectivity index (χ1v) is 24.3. The Kier molecular flexibility index (Phi) is 27.1. The zero-order chi connectivity index (χ0) is 42.2. The fourth-order valence-corrected chi connectivity index (χ4v) is 7.86. The van der Waals surface area contributed by atoms with Crippen LogP contribution < -0.4 is 25.5 Å². The van der Waals surface area contributed by atoms with Gasteiger partial charge in [-0.15, -0.1) is 6.42 Å². The van der Waals surface area contributed by atoms with Crippen LogP contribution in [0.15, 0.2) is 16.9 Å². The number of imidazole rings is 1. The molecule has 3 rings (SSSR count). The molecule has 9 heteroatoms. The number of H-pyrrole nitrogens is 1. The Morgan fingerprint density at radius 2 is 0.949 bits per heavy atom. The Labute approximate surface area is 358 Å². The van der Waals surface area contributed by atoms with E-state index in [-0.39, 0.29) is 11.5 Å². The van der Waals surface area contributed by atoms with Crippen molar-refractivity contribution in [2.75, 3.05) is 25.6 Å². The number of nitrogen functional groups attached to an aromatic ring is 1. The molecule has 0 atom stereocenters. The van der Waals surface area contributed by atoms with Crippen LogP contribution in [0.4, 0.5) is 5.95 Å². The van der Waals surface area contributed by atoms with Gasteiger partial charge in [-0.1, -0.05) is 194 Å². The number of rotatable bonds is 38. The van der Waals surface area contributed by atoms with Gasteiger partial charge < -0.3 is 19.9 Å². The van der Waals surface area contributed by atoms with E-state index in [1.54, 1.807) is 4.57 Å². The lowest BCUT2D eigenvalue weighted by molar-refractivity contribution is 0.233. The Bertz CT molecular complexity index is 1580. The molecule has 2 heterocycles. The third-order valence-electron chi connectivity index (χ3n) is 11.4. The summed E-state index contributed by atoms with van der Waals surface area (Å²) < 4.78 is 21.5. The van der Waals surface area contributed by atoms with Crippen LogP contribution in [0, 0.1) is 12.3 Å². The fraction of sp³-hybridized carbons (Fsp3) is 0.740. The Morgan fingerprint density at radius 1 is 0.576 bits per heavy atom. The number of unbranched alkanes of at least 4 members (excludes halogenated alkanes) is 27. The van der Waals surface area contributed by atoms with E-state index in [0.717, 1.165) is 44.1 Å². The Hall–Kier alpha value is -3.67. The maximum absolute atomic E-state index is 12.7. The standard InChI is InChI=1S/C50H83N5O4/c1-5-9-12-15-18-21-24-27-30-33-36-57-43-39-42(41-55-45(8-4)52-46-48(55)53-50(51)54-49(46)56)40-44(58-37-34-31-28-25-22-19-16-13-10-6-2)47(43)59-38-35-32-29-26-23-20-17-14-11-7-3/h4,39-40H,5-7,9-38,41H2,1-3H3,(H3,51,53,54,56). The molecule has 0 aliphatic heterocycles. The van der Waals surface area contributed by atoms with Crippen molar-refractivity contribution in [3.8, 4) is 29.6 Å². The summed E-state index contributed by atoms with van der Waals surface area (Å²) in [6, 6.07) is 4.06. The third kappa shape index (κ3) is 20.4. The molecule has 0 bridgehead atoms. The first kappa shape index (κ1) is 49.7. The third-order valence-corrected chi connectivity index (χ3v) is 11.4. The molecule has 3 N–H and O–H groups in total. The summed E-state index contributed by atoms with van der Waals surface area (Å²) in [5.74, 6) is 5.00. The van der Waals surface area contributed by atoms with E-state index in [1.807, 2.05) is 12.1 Å². The highest BCUT2D eigenvalue weighted by molar-refractivity contribution is 5.72. The molecule has 332 valence electrons. The van der Waals surface area contributed by atoms with Gasteiger partial charge in [0.05, 0.1) is 26.4 Å². The van der Waals surface area contributed by atoms with Gasteiger partial charge in [-0.2, -0.15) is 4.98 Å². The number of nitrogens with two attached hydrogens (primary N) is 1. The second-order valence-corrected chi connectivity index (χ2v) is 16.8. The van der Waals surface area contributed by atoms with Crippen LogP contribution in [0.5, 0.6) is 17.2 Å². The lowest BCUT2D eigenvalue weighted by Crippen LogP contribution is -2.13. The van der Waals surface area contributed by atoms with Crippen LogP contribution in [-0.2, 0) is 6.54 Å². The Balaban J connectivity index is 1.73. The molecule has 1 aromatic carbocycles. The zero-order valence-electron chi connectivity index (χ0n) is 37.8. The van der Waals surface area contributed by atoms with Crippen molar-refractivity contribution in [2.45, 2.75) is 220 Å². The molecule has 0 radical (unpaired) electrons. The molecule has 0 saturated carbocycles. The molecule has 3 aromatic rings. The molecule has 9 nitrogen and oxygen atoms in total. The number of hydrogen-bond donors (Lipinski definition) is 2. The van der Waals surface area contributed by atoms with Gasteiger partial charge in [-0.3, -0.25) is 14.3 Å². The second-order valence-electron chi connectivity index (χ2n) is 16.8. The van der Waals surface area contributed by atoms with E-state index < -0.39 is 5.56 Å². The summed E-state index contributed by atoms with van der Waals surface area (Å²) in [7, 11) is 0. The topological polar surface area (TPSA) is 117 Å². The maximum Gasteiger partial charge on any atom is 0.280 e. The van der Waals surface area contributed by atoms with Gasteiger partial charge in [0.15, 0.2) is 28.5 Å². The highest BCUT2D eigenvalue weighted by Crippen LogP contribution is 2.40. The van der Waals surface area contributed by atoms with Gasteiger partial charge in [0, 0.05) is 0 Å². The minimum absolute atomic E-state index is 0.0176. The van der Waals surface area contributed by atoms with Gasteiger partial charge >= 0.3 is 0 Å². The van der Waals surface area contributed by atoms with Crippen molar-refractivity contribution in [3.05, 3.63) is 33.9 Å². The first-order valence-electron chi connectivity index (χ1n) is 24.3. The number of fused-ring (bicyclic) bond motifs is 1. The second kappa shape index (κ2) is 32.1. The van der Waals surface area contributed by atoms with Crippen LogP contribution in [0.1, 0.15) is 225 Å². The summed E-state index contributed by atoms with van der Waals surface area (Å²) in [5, 5.41) is 0. The molecule has 59 heavy (non-hydrogen) atoms. The van der Waals surface area contributed by atoms with E-state index in [1.165, 1.54) is 154 Å². The summed E-state index contributed by atoms with van der Waals surface area (Å²) in [6.07, 6.45) is 43.9. The largest absolute Gasteiger partial charge is 0.490 e. The summed E-state index contributed by atoms with van der Waals surface area (Å²) >= 11 is 0. The molecule has 2 aromatic heterocycles. The van der Waals surface area contributed by atoms with Gasteiger partial charge in [0.25, 0.3) is 5.56 Å². The van der Waals surface area contributed by atoms with Crippen molar-refractivity contribution in [3.63, 3.8) is 0 Å². The van der Waals surface area contributed by atoms with Crippen LogP contribution in [0.2, 0.25) is 0 Å². The molecule has 0 aliphatic carbocycles. The number of aromatic amines is 1. The van der Waals surface area contributed by atoms with Gasteiger partial charge in [0.1, 0.15) is 0 Å². The van der Waals surface area contributed by atoms with E-state index in [2.05, 4.69) is 41.6 Å². The first-order chi connectivity index (χ1) is 29.0. The molecule has 0 saturated heterocycles. The fourth-order valence-electron chi connectivity index (χ4n) is 7.86. The van der Waals surface area contributed by atoms with Crippen LogP contribution in [0.3, 0.4) is 0 Å². The van der Waals surface area contributed by atoms with E-state index in [4.69, 9.17) is 26.4 Å². The van der Waals surface area contributed by atoms with Gasteiger partial charge in [0.2, 0.25) is 11.7 Å². The average Bonchev–Trinajstić information content (AvgIpc) is 3.58. The van der Waals surface area contributed by atoms with Crippen LogP contribution >= 0.6 is 0 Å². The van der Waals surface area contributed by atoms with E-state index in [0.29, 0.717) is 55.1 Å². The molecule has 0 unspecified atom stereocenters. The number of aromatic nitrogens is 4. The molecular weight excluding hydrogens is 735 g/mol. The minimum Gasteiger partial charge on any atom is -0.490 e. The predicted molar refractivity (Wildman–Crippen MR) is 248 cm³/mol. The quantitative estimate of drug-likeness (QED) is 0.0437. The van der Waals surface area contributed by atoms with Gasteiger partial charge in [-0.25, -0.2) is 4.98 Å². The summed E-state index contributed by atoms with van der Waals surface area (Å²) in [6.45, 7) is 8.94. The molecule has 0 fully saturated rings. The normalized spacial score (nSPS) is 11.4. The summed E-state index contributed by atoms with van der Waals surface area (Å²) in [5.41, 5.74) is 6.95. The number of nitrogens with zero attached hydrogens (tertiary/aromatic N) is 3. The number of benzene rings is 1. The highest BCUT2D eigenvalue weighted by atomic mass is 16.5. The SMILES string of the molecule is C#Cc1nc2c(=O)[nH]c(N)nc2n1Cc1cc(OCCCCCCCCCCCC)c(OCCCCCCCCCCCC)c(OCCCCCCCCCCCC)c1. The van der Waals surface area contributed by atoms with E-state index >= 15 is 0 Å². The number of terminal acetylenes is 1. The van der Waals surface area contributed by atoms with Gasteiger partial charge in [-0.05, 0) is 42.9 Å². The van der Waals surface area contributed by atoms with Crippen LogP contribution in [0.25, 0.3) is 11.2 Å². The van der Waals surface area contributed by atoms with Crippen molar-refractivity contribution in [2.24, 2.45) is 0 Å². The number of nitrogens with one attached hydrogen (secondary N) is 1. The van der Waals surface area contributed by atoms with Crippen molar-refractivity contribution in [1.29, 1.82) is 0 Å². The Morgan fingerprint density at radius 3 is 1.34 bits per heavy atom. The van der Waals surface area contributed by atoms with E-state index in [9.17, 15) is 4.79 Å². The predicted octanol–water partition coefficient (Wildman–Crippen LogP) is 13.6. The lowest BCUT2D eigenvalue weighted by Gasteiger charge is -2.19. The number of ether oxygens (including phenoxy) is 3. The van der Waals surface area contributed by atoms with Crippen molar-refractivity contribution < 1.29 is 14.2 Å². The average molecular weight is 818 g/mol. The summed E-state index contributed by atoms with van der Waals surface area (Å²) in [4.78, 5) is 24.1. The zero-order valence-corrected chi connectivity index (χ0v) is 37.8. The lowest BCUT2D eigenvalue weighted by atomic mass is 10.1. The molecule has 0 aliphatic rings. The molecular formula is C50H83N5O4. The van der Waals surface area contributed by atoms with Crippen molar-refractivity contribution in [1.82, 2.24) is 19.5 Å². The maximum atomic E-state index is 12.7. The molecule has 0 amide bonds. The number of hydrogen-bond acceptors (Lipinski definition) is 7. The van der Waals surface area contributed by atoms with Crippen LogP contribution in [-0.4, -0.2) is 39.3 Å². The smallest absolute Gasteiger partial charge is 0.280 e. The molecule has 0 spiro atoms. The number of anilines is 1. The van der Waals surface area contributed by atoms with Crippen molar-refractivity contribution >= 4 is 17.1 Å². The monoisotopic (exact) mass is 818 g/mol. The highest BCUT2D eigenvalue weighted by Gasteiger charge is 2.20.